The van der Waals surface area contributed by atoms with Crippen LogP contribution < -0.4 is 20.8 Å². The highest BCUT2D eigenvalue weighted by molar-refractivity contribution is 5.97. The summed E-state index contributed by atoms with van der Waals surface area (Å²) in [4.78, 5) is 25.9. The van der Waals surface area contributed by atoms with Crippen molar-refractivity contribution >= 4 is 22.6 Å². The predicted octanol–water partition coefficient (Wildman–Crippen LogP) is 1.19. The minimum Gasteiger partial charge on any atom is -0.487 e. The summed E-state index contributed by atoms with van der Waals surface area (Å²) >= 11 is 0. The standard InChI is InChI=1S/C18H18FN3O4/c1-7-6-26-17-14-8(16(23)11(18(24)25)5-22(7)14)2-12(19)15(17)21-3-9-10(4-21)13(9)20/h2,5,7,9-10,13H,3-4,6,20H2,1H3,(H,24,25)/t7?,9-,10+,13+. The van der Waals surface area contributed by atoms with Gasteiger partial charge in [0.25, 0.3) is 0 Å². The van der Waals surface area contributed by atoms with E-state index >= 15 is 0 Å². The van der Waals surface area contributed by atoms with Gasteiger partial charge in [0.1, 0.15) is 17.9 Å². The maximum atomic E-state index is 15.0. The smallest absolute Gasteiger partial charge is 0.341 e. The van der Waals surface area contributed by atoms with Crippen molar-refractivity contribution in [3.8, 4) is 5.75 Å². The summed E-state index contributed by atoms with van der Waals surface area (Å²) in [7, 11) is 0. The topological polar surface area (TPSA) is 97.8 Å². The van der Waals surface area contributed by atoms with Gasteiger partial charge in [-0.3, -0.25) is 4.79 Å². The van der Waals surface area contributed by atoms with Crippen molar-refractivity contribution in [2.24, 2.45) is 17.6 Å². The number of carbonyl (C=O) groups is 1. The second-order valence-corrected chi connectivity index (χ2v) is 7.49. The molecule has 4 atom stereocenters. The minimum atomic E-state index is -1.32. The normalized spacial score (nSPS) is 28.8. The summed E-state index contributed by atoms with van der Waals surface area (Å²) in [5.74, 6) is -0.822. The van der Waals surface area contributed by atoms with E-state index in [0.29, 0.717) is 41.9 Å². The Morgan fingerprint density at radius 2 is 2.08 bits per heavy atom. The third-order valence-corrected chi connectivity index (χ3v) is 5.95. The van der Waals surface area contributed by atoms with E-state index in [9.17, 15) is 19.1 Å². The molecule has 136 valence electrons. The molecule has 3 aliphatic rings. The van der Waals surface area contributed by atoms with Crippen LogP contribution in [0.25, 0.3) is 10.9 Å². The number of hydrogen-bond acceptors (Lipinski definition) is 5. The molecular formula is C18H18FN3O4. The van der Waals surface area contributed by atoms with Crippen LogP contribution in [-0.4, -0.2) is 41.4 Å². The average Bonchev–Trinajstić information content (AvgIpc) is 3.01. The van der Waals surface area contributed by atoms with Crippen LogP contribution in [0.5, 0.6) is 5.75 Å². The highest BCUT2D eigenvalue weighted by Crippen LogP contribution is 2.49. The number of anilines is 1. The van der Waals surface area contributed by atoms with Crippen LogP contribution in [0, 0.1) is 17.7 Å². The van der Waals surface area contributed by atoms with Crippen molar-refractivity contribution in [1.29, 1.82) is 0 Å². The summed E-state index contributed by atoms with van der Waals surface area (Å²) in [6.45, 7) is 3.47. The zero-order valence-electron chi connectivity index (χ0n) is 14.1. The Labute approximate surface area is 147 Å². The second kappa shape index (κ2) is 4.97. The first-order valence-corrected chi connectivity index (χ1v) is 8.66. The lowest BCUT2D eigenvalue weighted by Gasteiger charge is -2.31. The summed E-state index contributed by atoms with van der Waals surface area (Å²) < 4.78 is 22.5. The van der Waals surface area contributed by atoms with Crippen LogP contribution in [0.15, 0.2) is 17.1 Å². The molecule has 0 spiro atoms. The summed E-state index contributed by atoms with van der Waals surface area (Å²) in [5.41, 5.74) is 5.72. The average molecular weight is 359 g/mol. The summed E-state index contributed by atoms with van der Waals surface area (Å²) in [6, 6.07) is 1.16. The van der Waals surface area contributed by atoms with E-state index in [1.807, 2.05) is 11.8 Å². The second-order valence-electron chi connectivity index (χ2n) is 7.49. The zero-order chi connectivity index (χ0) is 18.3. The maximum Gasteiger partial charge on any atom is 0.341 e. The number of benzene rings is 1. The molecule has 1 aromatic heterocycles. The number of halogens is 1. The number of fused-ring (bicyclic) bond motifs is 1. The molecule has 2 aliphatic heterocycles. The lowest BCUT2D eigenvalue weighted by atomic mass is 10.1. The number of nitrogens with two attached hydrogens (primary N) is 1. The van der Waals surface area contributed by atoms with E-state index in [4.69, 9.17) is 10.5 Å². The Hall–Kier alpha value is -2.61. The van der Waals surface area contributed by atoms with Crippen LogP contribution in [0.3, 0.4) is 0 Å². The highest BCUT2D eigenvalue weighted by atomic mass is 19.1. The fourth-order valence-corrected chi connectivity index (χ4v) is 4.41. The molecule has 26 heavy (non-hydrogen) atoms. The number of aromatic carboxylic acids is 1. The van der Waals surface area contributed by atoms with Crippen LogP contribution in [0.4, 0.5) is 10.1 Å². The van der Waals surface area contributed by atoms with E-state index in [0.717, 1.165) is 6.07 Å². The number of carboxylic acids is 1. The first-order chi connectivity index (χ1) is 12.4. The van der Waals surface area contributed by atoms with E-state index in [1.165, 1.54) is 6.20 Å². The zero-order valence-corrected chi connectivity index (χ0v) is 14.1. The quantitative estimate of drug-likeness (QED) is 0.836. The number of carboxylic acid groups (broad SMARTS) is 1. The third kappa shape index (κ3) is 1.90. The predicted molar refractivity (Wildman–Crippen MR) is 92.5 cm³/mol. The molecule has 0 bridgehead atoms. The largest absolute Gasteiger partial charge is 0.487 e. The molecule has 3 heterocycles. The minimum absolute atomic E-state index is 0.0359. The van der Waals surface area contributed by atoms with Gasteiger partial charge in [-0.25, -0.2) is 9.18 Å². The highest BCUT2D eigenvalue weighted by Gasteiger charge is 2.54. The van der Waals surface area contributed by atoms with E-state index in [1.54, 1.807) is 4.57 Å². The van der Waals surface area contributed by atoms with Crippen LogP contribution in [0.1, 0.15) is 23.3 Å². The number of rotatable bonds is 2. The van der Waals surface area contributed by atoms with Crippen molar-refractivity contribution in [2.45, 2.75) is 19.0 Å². The maximum absolute atomic E-state index is 15.0. The molecule has 0 radical (unpaired) electrons. The van der Waals surface area contributed by atoms with Crippen molar-refractivity contribution < 1.29 is 19.0 Å². The first kappa shape index (κ1) is 15.6. The molecule has 0 amide bonds. The van der Waals surface area contributed by atoms with E-state index < -0.39 is 17.2 Å². The van der Waals surface area contributed by atoms with Gasteiger partial charge in [0, 0.05) is 25.3 Å². The van der Waals surface area contributed by atoms with Crippen LogP contribution >= 0.6 is 0 Å². The third-order valence-electron chi connectivity index (χ3n) is 5.95. The Bertz CT molecular complexity index is 1020. The molecule has 2 aromatic rings. The summed E-state index contributed by atoms with van der Waals surface area (Å²) in [5, 5.41) is 9.35. The number of ether oxygens (including phenoxy) is 1. The van der Waals surface area contributed by atoms with Gasteiger partial charge in [-0.15, -0.1) is 0 Å². The van der Waals surface area contributed by atoms with Crippen molar-refractivity contribution in [3.63, 3.8) is 0 Å². The lowest BCUT2D eigenvalue weighted by molar-refractivity contribution is 0.0694. The van der Waals surface area contributed by atoms with Crippen LogP contribution in [-0.2, 0) is 0 Å². The fourth-order valence-electron chi connectivity index (χ4n) is 4.41. The Morgan fingerprint density at radius 3 is 2.73 bits per heavy atom. The molecule has 3 N–H and O–H groups in total. The van der Waals surface area contributed by atoms with Gasteiger partial charge in [0.2, 0.25) is 5.43 Å². The molecule has 8 heteroatoms. The molecule has 1 saturated heterocycles. The van der Waals surface area contributed by atoms with Gasteiger partial charge in [-0.05, 0) is 24.8 Å². The lowest BCUT2D eigenvalue weighted by Crippen LogP contribution is -2.32. The molecule has 1 unspecified atom stereocenters. The number of pyridine rings is 1. The molecule has 1 aliphatic carbocycles. The van der Waals surface area contributed by atoms with Gasteiger partial charge in [0.15, 0.2) is 11.6 Å². The Balaban J connectivity index is 1.77. The molecule has 7 nitrogen and oxygen atoms in total. The molecular weight excluding hydrogens is 341 g/mol. The molecule has 2 fully saturated rings. The summed E-state index contributed by atoms with van der Waals surface area (Å²) in [6.07, 6.45) is 1.34. The van der Waals surface area contributed by atoms with E-state index in [-0.39, 0.29) is 29.6 Å². The first-order valence-electron chi connectivity index (χ1n) is 8.66. The van der Waals surface area contributed by atoms with Crippen molar-refractivity contribution in [1.82, 2.24) is 4.57 Å². The molecule has 1 aromatic carbocycles. The van der Waals surface area contributed by atoms with Gasteiger partial charge in [-0.2, -0.15) is 0 Å². The van der Waals surface area contributed by atoms with Gasteiger partial charge in [0.05, 0.1) is 16.9 Å². The van der Waals surface area contributed by atoms with Gasteiger partial charge in [-0.1, -0.05) is 0 Å². The molecule has 1 saturated carbocycles. The van der Waals surface area contributed by atoms with Gasteiger partial charge >= 0.3 is 5.97 Å². The Morgan fingerprint density at radius 1 is 1.38 bits per heavy atom. The van der Waals surface area contributed by atoms with Gasteiger partial charge < -0.3 is 25.0 Å². The van der Waals surface area contributed by atoms with Crippen LogP contribution in [0.2, 0.25) is 0 Å². The SMILES string of the molecule is CC1COc2c(N3C[C@@H]4[C@@H](N)[C@@H]4C3)c(F)cc3c(=O)c(C(=O)O)cn1c23. The number of aromatic nitrogens is 1. The molecule has 5 rings (SSSR count). The van der Waals surface area contributed by atoms with Crippen molar-refractivity contribution in [2.75, 3.05) is 24.6 Å². The van der Waals surface area contributed by atoms with Crippen molar-refractivity contribution in [3.05, 3.63) is 33.9 Å². The number of nitrogens with zero attached hydrogens (tertiary/aromatic N) is 2. The monoisotopic (exact) mass is 359 g/mol. The van der Waals surface area contributed by atoms with E-state index in [2.05, 4.69) is 0 Å². The number of piperidine rings is 1. The Kier molecular flexibility index (Phi) is 2.99. The fraction of sp³-hybridized carbons (Fsp3) is 0.444. The number of hydrogen-bond donors (Lipinski definition) is 2.